The molecule has 1 fully saturated rings. The highest BCUT2D eigenvalue weighted by Crippen LogP contribution is 2.28. The fourth-order valence-electron chi connectivity index (χ4n) is 2.63. The molecule has 0 aromatic heterocycles. The van der Waals surface area contributed by atoms with Crippen LogP contribution in [0.2, 0.25) is 20.1 Å². The third-order valence-electron chi connectivity index (χ3n) is 4.01. The number of anilines is 2. The average molecular weight is 419 g/mol. The highest BCUT2D eigenvalue weighted by Gasteiger charge is 2.22. The van der Waals surface area contributed by atoms with Gasteiger partial charge in [-0.2, -0.15) is 0 Å². The van der Waals surface area contributed by atoms with E-state index in [1.807, 2.05) is 12.1 Å². The van der Waals surface area contributed by atoms with Crippen LogP contribution in [-0.4, -0.2) is 37.1 Å². The van der Waals surface area contributed by atoms with E-state index in [4.69, 9.17) is 46.4 Å². The number of hydrogen-bond donors (Lipinski definition) is 1. The molecule has 132 valence electrons. The number of urea groups is 1. The first-order valence-electron chi connectivity index (χ1n) is 7.65. The Morgan fingerprint density at radius 3 is 2.20 bits per heavy atom. The fourth-order valence-corrected chi connectivity index (χ4v) is 3.38. The molecule has 0 spiro atoms. The van der Waals surface area contributed by atoms with Crippen LogP contribution in [0.3, 0.4) is 0 Å². The Kier molecular flexibility index (Phi) is 5.85. The van der Waals surface area contributed by atoms with Crippen LogP contribution in [0.25, 0.3) is 0 Å². The number of amides is 2. The van der Waals surface area contributed by atoms with Gasteiger partial charge in [0.15, 0.2) is 0 Å². The van der Waals surface area contributed by atoms with Crippen LogP contribution in [0.15, 0.2) is 36.4 Å². The molecular weight excluding hydrogens is 404 g/mol. The third-order valence-corrected chi connectivity index (χ3v) is 5.29. The lowest BCUT2D eigenvalue weighted by molar-refractivity contribution is 0.208. The summed E-state index contributed by atoms with van der Waals surface area (Å²) in [5.74, 6) is 0. The molecule has 0 bridgehead atoms. The molecule has 1 aliphatic rings. The van der Waals surface area contributed by atoms with Crippen LogP contribution in [0.5, 0.6) is 0 Å². The summed E-state index contributed by atoms with van der Waals surface area (Å²) in [6, 6.07) is 10.3. The van der Waals surface area contributed by atoms with Crippen LogP contribution in [0.1, 0.15) is 0 Å². The summed E-state index contributed by atoms with van der Waals surface area (Å²) in [5, 5.41) is 4.81. The van der Waals surface area contributed by atoms with E-state index >= 15 is 0 Å². The van der Waals surface area contributed by atoms with Crippen molar-refractivity contribution in [3.05, 3.63) is 56.5 Å². The Hall–Kier alpha value is -1.33. The first kappa shape index (κ1) is 18.5. The van der Waals surface area contributed by atoms with Gasteiger partial charge in [0.1, 0.15) is 0 Å². The average Bonchev–Trinajstić information content (AvgIpc) is 2.60. The summed E-state index contributed by atoms with van der Waals surface area (Å²) in [6.45, 7) is 2.61. The summed E-state index contributed by atoms with van der Waals surface area (Å²) in [5.41, 5.74) is 1.54. The lowest BCUT2D eigenvalue weighted by Crippen LogP contribution is -2.50. The zero-order valence-corrected chi connectivity index (χ0v) is 16.1. The molecule has 2 aromatic carbocycles. The normalized spacial score (nSPS) is 14.6. The quantitative estimate of drug-likeness (QED) is 0.683. The minimum Gasteiger partial charge on any atom is -0.368 e. The lowest BCUT2D eigenvalue weighted by Gasteiger charge is -2.36. The van der Waals surface area contributed by atoms with Crippen LogP contribution in [-0.2, 0) is 0 Å². The first-order valence-corrected chi connectivity index (χ1v) is 9.16. The summed E-state index contributed by atoms with van der Waals surface area (Å²) < 4.78 is 0. The van der Waals surface area contributed by atoms with E-state index in [-0.39, 0.29) is 6.03 Å². The van der Waals surface area contributed by atoms with Crippen molar-refractivity contribution >= 4 is 63.8 Å². The summed E-state index contributed by atoms with van der Waals surface area (Å²) in [7, 11) is 0. The standard InChI is InChI=1S/C17H15Cl4N3O/c18-11-1-4-16(15(21)9-11)22-17(25)24-7-5-23(6-8-24)12-2-3-13(19)14(20)10-12/h1-4,9-10H,5-8H2,(H,22,25). The Morgan fingerprint density at radius 2 is 1.56 bits per heavy atom. The van der Waals surface area contributed by atoms with Gasteiger partial charge in [-0.1, -0.05) is 46.4 Å². The second-order valence-corrected chi connectivity index (χ2v) is 7.28. The van der Waals surface area contributed by atoms with Crippen LogP contribution < -0.4 is 10.2 Å². The number of nitrogens with zero attached hydrogens (tertiary/aromatic N) is 2. The summed E-state index contributed by atoms with van der Waals surface area (Å²) >= 11 is 24.0. The molecule has 25 heavy (non-hydrogen) atoms. The number of piperazine rings is 1. The molecule has 0 saturated carbocycles. The molecule has 0 radical (unpaired) electrons. The van der Waals surface area contributed by atoms with Crippen molar-refractivity contribution in [3.8, 4) is 0 Å². The van der Waals surface area contributed by atoms with E-state index < -0.39 is 0 Å². The van der Waals surface area contributed by atoms with Crippen molar-refractivity contribution in [3.63, 3.8) is 0 Å². The number of rotatable bonds is 2. The minimum atomic E-state index is -0.182. The maximum absolute atomic E-state index is 12.4. The van der Waals surface area contributed by atoms with Crippen molar-refractivity contribution in [2.75, 3.05) is 36.4 Å². The van der Waals surface area contributed by atoms with Crippen molar-refractivity contribution in [2.24, 2.45) is 0 Å². The van der Waals surface area contributed by atoms with E-state index in [0.29, 0.717) is 52.0 Å². The largest absolute Gasteiger partial charge is 0.368 e. The molecule has 1 N–H and O–H groups in total. The predicted molar refractivity (Wildman–Crippen MR) is 106 cm³/mol. The maximum Gasteiger partial charge on any atom is 0.322 e. The van der Waals surface area contributed by atoms with Gasteiger partial charge in [-0.3, -0.25) is 0 Å². The smallest absolute Gasteiger partial charge is 0.322 e. The van der Waals surface area contributed by atoms with Gasteiger partial charge in [0.25, 0.3) is 0 Å². The Balaban J connectivity index is 1.59. The number of halogens is 4. The van der Waals surface area contributed by atoms with Gasteiger partial charge < -0.3 is 15.1 Å². The summed E-state index contributed by atoms with van der Waals surface area (Å²) in [4.78, 5) is 16.3. The number of benzene rings is 2. The van der Waals surface area contributed by atoms with Crippen molar-refractivity contribution in [1.82, 2.24) is 4.90 Å². The highest BCUT2D eigenvalue weighted by atomic mass is 35.5. The Bertz CT molecular complexity index is 791. The molecule has 2 amide bonds. The number of carbonyl (C=O) groups excluding carboxylic acids is 1. The van der Waals surface area contributed by atoms with Crippen LogP contribution >= 0.6 is 46.4 Å². The molecule has 1 heterocycles. The van der Waals surface area contributed by atoms with Gasteiger partial charge in [-0.25, -0.2) is 4.79 Å². The second kappa shape index (κ2) is 7.92. The van der Waals surface area contributed by atoms with Gasteiger partial charge in [-0.15, -0.1) is 0 Å². The number of nitrogens with one attached hydrogen (secondary N) is 1. The van der Waals surface area contributed by atoms with E-state index in [9.17, 15) is 4.79 Å². The van der Waals surface area contributed by atoms with Gasteiger partial charge >= 0.3 is 6.03 Å². The van der Waals surface area contributed by atoms with Gasteiger partial charge in [0, 0.05) is 36.9 Å². The SMILES string of the molecule is O=C(Nc1ccc(Cl)cc1Cl)N1CCN(c2ccc(Cl)c(Cl)c2)CC1. The number of carbonyl (C=O) groups is 1. The molecule has 0 unspecified atom stereocenters. The van der Waals surface area contributed by atoms with Crippen molar-refractivity contribution < 1.29 is 4.79 Å². The molecule has 1 saturated heterocycles. The first-order chi connectivity index (χ1) is 11.9. The van der Waals surface area contributed by atoms with E-state index in [1.54, 1.807) is 29.2 Å². The topological polar surface area (TPSA) is 35.6 Å². The van der Waals surface area contributed by atoms with Gasteiger partial charge in [-0.05, 0) is 36.4 Å². The van der Waals surface area contributed by atoms with Gasteiger partial charge in [0.2, 0.25) is 0 Å². The summed E-state index contributed by atoms with van der Waals surface area (Å²) in [6.07, 6.45) is 0. The Morgan fingerprint density at radius 1 is 0.840 bits per heavy atom. The predicted octanol–water partition coefficient (Wildman–Crippen LogP) is 5.65. The van der Waals surface area contributed by atoms with Crippen LogP contribution in [0, 0.1) is 0 Å². The molecular formula is C17H15Cl4N3O. The van der Waals surface area contributed by atoms with Crippen molar-refractivity contribution in [2.45, 2.75) is 0 Å². The van der Waals surface area contributed by atoms with E-state index in [0.717, 1.165) is 5.69 Å². The second-order valence-electron chi connectivity index (χ2n) is 5.63. The molecule has 4 nitrogen and oxygen atoms in total. The fraction of sp³-hybridized carbons (Fsp3) is 0.235. The zero-order chi connectivity index (χ0) is 18.0. The molecule has 3 rings (SSSR count). The van der Waals surface area contributed by atoms with Crippen LogP contribution in [0.4, 0.5) is 16.2 Å². The van der Waals surface area contributed by atoms with Gasteiger partial charge in [0.05, 0.1) is 20.8 Å². The lowest BCUT2D eigenvalue weighted by atomic mass is 10.2. The maximum atomic E-state index is 12.4. The molecule has 2 aromatic rings. The highest BCUT2D eigenvalue weighted by molar-refractivity contribution is 6.42. The molecule has 0 aliphatic carbocycles. The molecule has 0 atom stereocenters. The minimum absolute atomic E-state index is 0.182. The van der Waals surface area contributed by atoms with E-state index in [1.165, 1.54) is 0 Å². The molecule has 1 aliphatic heterocycles. The zero-order valence-electron chi connectivity index (χ0n) is 13.1. The van der Waals surface area contributed by atoms with Crippen molar-refractivity contribution in [1.29, 1.82) is 0 Å². The molecule has 8 heteroatoms. The number of hydrogen-bond acceptors (Lipinski definition) is 2. The monoisotopic (exact) mass is 417 g/mol. The van der Waals surface area contributed by atoms with E-state index in [2.05, 4.69) is 10.2 Å². The third kappa shape index (κ3) is 4.45. The Labute approximate surface area is 166 Å².